The zero-order valence-electron chi connectivity index (χ0n) is 63.2. The van der Waals surface area contributed by atoms with E-state index in [2.05, 4.69) is 16.0 Å². The maximum atomic E-state index is 16.2. The van der Waals surface area contributed by atoms with Crippen molar-refractivity contribution < 1.29 is 97.0 Å². The molecule has 24 nitrogen and oxygen atoms in total. The van der Waals surface area contributed by atoms with E-state index in [4.69, 9.17) is 0 Å². The normalized spacial score (nSPS) is 27.2. The van der Waals surface area contributed by atoms with Gasteiger partial charge in [-0.1, -0.05) is 84.1 Å². The largest absolute Gasteiger partial charge is 0.422 e. The summed E-state index contributed by atoms with van der Waals surface area (Å²) in [5.74, 6) is -15.9. The molecule has 33 heteroatoms. The number of halogens is 9. The maximum Gasteiger partial charge on any atom is 0.422 e. The van der Waals surface area contributed by atoms with Crippen LogP contribution in [0.3, 0.4) is 0 Å². The summed E-state index contributed by atoms with van der Waals surface area (Å²) in [5.41, 5.74) is -6.19. The number of nitrogens with one attached hydrogen (secondary N) is 3. The molecule has 12 amide bonds. The van der Waals surface area contributed by atoms with E-state index < -0.39 is 241 Å². The average molecular weight is 1530 g/mol. The fraction of sp³-hybridized carbons (Fsp3) is 0.653. The number of aryl methyl sites for hydroxylation is 1. The van der Waals surface area contributed by atoms with Crippen LogP contribution in [0.25, 0.3) is 0 Å². The Kier molecular flexibility index (Phi) is 27.0. The number of fused-ring (bicyclic) bond motifs is 3. The van der Waals surface area contributed by atoms with Gasteiger partial charge in [0.1, 0.15) is 77.2 Å². The molecule has 0 unspecified atom stereocenters. The quantitative estimate of drug-likeness (QED) is 0.171. The van der Waals surface area contributed by atoms with Crippen molar-refractivity contribution in [3.05, 3.63) is 82.4 Å². The highest BCUT2D eigenvalue weighted by atomic mass is 19.4. The van der Waals surface area contributed by atoms with E-state index in [1.54, 1.807) is 39.8 Å². The second-order valence-electron chi connectivity index (χ2n) is 31.2. The smallest absolute Gasteiger partial charge is 0.347 e. The fourth-order valence-corrected chi connectivity index (χ4v) is 15.8. The SMILES string of the molecule is CC[C@H](C)[C@@H]1NC(=O)[C@H](CC2CC2)N(C)C(=O)C[C@@H](C(=O)N(C)C)N(C)C(=O)[C@H](C2CCCC2)N(C)C(=O)C2(CC(C)(C)C2)NC(=O)[C@@H]2C[C@@H](F)CN2C(=O)[C@@H](CCc2cc(F)c(C(F)(F)F)c(F)c2)NC(=O)CN(C)C(=O)[C@H](Cc2ccc(C(F)(F)F)cc2)N2CC/C=C\C[C@@H](C2=O)N(C)C(=O)CN(C)C1=O. The minimum Gasteiger partial charge on any atom is -0.347 e. The highest BCUT2D eigenvalue weighted by molar-refractivity contribution is 6.01. The summed E-state index contributed by atoms with van der Waals surface area (Å²) >= 11 is 0. The third-order valence-electron chi connectivity index (χ3n) is 22.2. The van der Waals surface area contributed by atoms with Crippen LogP contribution in [0.4, 0.5) is 39.5 Å². The molecule has 108 heavy (non-hydrogen) atoms. The molecule has 3 saturated carbocycles. The van der Waals surface area contributed by atoms with E-state index >= 15 is 41.9 Å². The molecule has 2 aromatic rings. The predicted molar refractivity (Wildman–Crippen MR) is 375 cm³/mol. The lowest BCUT2D eigenvalue weighted by atomic mass is 9.58. The molecule has 596 valence electrons. The first-order valence-corrected chi connectivity index (χ1v) is 36.7. The van der Waals surface area contributed by atoms with Gasteiger partial charge in [-0.15, -0.1) is 0 Å². The Morgan fingerprint density at radius 1 is 0.667 bits per heavy atom. The van der Waals surface area contributed by atoms with Crippen molar-refractivity contribution in [2.24, 2.45) is 23.2 Å². The van der Waals surface area contributed by atoms with Crippen molar-refractivity contribution in [2.45, 2.75) is 209 Å². The van der Waals surface area contributed by atoms with Gasteiger partial charge in [-0.25, -0.2) is 13.2 Å². The lowest BCUT2D eigenvalue weighted by molar-refractivity contribution is -0.161. The first-order chi connectivity index (χ1) is 50.4. The third kappa shape index (κ3) is 19.8. The van der Waals surface area contributed by atoms with Gasteiger partial charge in [0.05, 0.1) is 31.6 Å². The van der Waals surface area contributed by atoms with E-state index in [1.807, 2.05) is 0 Å². The highest BCUT2D eigenvalue weighted by Crippen LogP contribution is 2.50. The van der Waals surface area contributed by atoms with Gasteiger partial charge >= 0.3 is 12.4 Å². The lowest BCUT2D eigenvalue weighted by Crippen LogP contribution is -2.71. The Morgan fingerprint density at radius 2 is 1.28 bits per heavy atom. The maximum absolute atomic E-state index is 16.2. The minimum atomic E-state index is -5.48. The van der Waals surface area contributed by atoms with Crippen LogP contribution >= 0.6 is 0 Å². The highest BCUT2D eigenvalue weighted by Gasteiger charge is 2.59. The number of alkyl halides is 7. The molecule has 2 bridgehead atoms. The van der Waals surface area contributed by atoms with Crippen LogP contribution in [0.5, 0.6) is 0 Å². The zero-order valence-corrected chi connectivity index (χ0v) is 63.2. The lowest BCUT2D eigenvalue weighted by Gasteiger charge is -2.54. The molecule has 5 fully saturated rings. The van der Waals surface area contributed by atoms with Gasteiger partial charge in [0, 0.05) is 75.8 Å². The molecular formula is C75H101F9N12O12. The first kappa shape index (κ1) is 84.8. The summed E-state index contributed by atoms with van der Waals surface area (Å²) in [6.45, 7) is 4.25. The molecule has 3 heterocycles. The van der Waals surface area contributed by atoms with Gasteiger partial charge in [-0.2, -0.15) is 26.3 Å². The topological polar surface area (TPSA) is 270 Å². The minimum absolute atomic E-state index is 0.0205. The first-order valence-electron chi connectivity index (χ1n) is 36.7. The summed E-state index contributed by atoms with van der Waals surface area (Å²) in [6, 6.07) is -7.93. The van der Waals surface area contributed by atoms with Crippen LogP contribution in [0, 0.1) is 34.8 Å². The summed E-state index contributed by atoms with van der Waals surface area (Å²) in [6.07, 6.45) is -8.50. The van der Waals surface area contributed by atoms with Gasteiger partial charge < -0.3 is 60.0 Å². The molecule has 3 aliphatic heterocycles. The van der Waals surface area contributed by atoms with Gasteiger partial charge in [0.15, 0.2) is 0 Å². The van der Waals surface area contributed by atoms with Crippen molar-refractivity contribution in [1.82, 2.24) is 60.0 Å². The second-order valence-corrected chi connectivity index (χ2v) is 31.2. The van der Waals surface area contributed by atoms with Gasteiger partial charge in [0.25, 0.3) is 0 Å². The van der Waals surface area contributed by atoms with Crippen LogP contribution in [0.2, 0.25) is 0 Å². The van der Waals surface area contributed by atoms with E-state index in [1.165, 1.54) is 64.0 Å². The number of hydrogen-bond acceptors (Lipinski definition) is 12. The summed E-state index contributed by atoms with van der Waals surface area (Å²) in [4.78, 5) is 190. The summed E-state index contributed by atoms with van der Waals surface area (Å²) in [7, 11) is 10.6. The van der Waals surface area contributed by atoms with Crippen molar-refractivity contribution >= 4 is 70.9 Å². The molecule has 2 saturated heterocycles. The van der Waals surface area contributed by atoms with E-state index in [9.17, 15) is 55.1 Å². The average Bonchev–Trinajstić information content (AvgIpc) is 0.794. The Balaban J connectivity index is 1.22. The van der Waals surface area contributed by atoms with Crippen LogP contribution in [0.15, 0.2) is 48.6 Å². The van der Waals surface area contributed by atoms with E-state index in [-0.39, 0.29) is 50.1 Å². The molecule has 1 spiro atoms. The fourth-order valence-electron chi connectivity index (χ4n) is 15.8. The van der Waals surface area contributed by atoms with Gasteiger partial charge in [-0.05, 0) is 116 Å². The summed E-state index contributed by atoms with van der Waals surface area (Å²) in [5, 5.41) is 8.09. The molecule has 2 aromatic carbocycles. The van der Waals surface area contributed by atoms with Gasteiger partial charge in [-0.3, -0.25) is 57.5 Å². The second kappa shape index (κ2) is 34.4. The molecular weight excluding hydrogens is 1430 g/mol. The monoisotopic (exact) mass is 1530 g/mol. The van der Waals surface area contributed by atoms with Crippen molar-refractivity contribution in [2.75, 3.05) is 82.6 Å². The number of benzene rings is 2. The standard InChI is InChI=1S/C75H101F9N12O12/c1-13-42(2)61-69(106)90(8)39-59(99)91(9)52-21-15-14-18-30-95(68(52)105)56(34-44-24-27-47(28-25-44)74(79,80)81)67(104)89(7)38-57(97)85-51(29-26-45-31-49(77)60(50(78)32-45)75(82,83)84)65(102)96-37-48(76)35-54(96)64(101)87-73(40-72(3,4)41-73)71(108)94(12)62(46-19-16-17-20-46)70(107)93(11)55(66(103)88(5)6)36-58(98)92(10)53(63(100)86-61)33-43-22-23-43/h14-15,24-25,27-28,31-32,42-43,46,48,51-56,61-62H,13,16-23,26,29-30,33-41H2,1-12H3,(H,85,97)(H,86,100)(H,87,101)/b15-14-/t42-,48+,51+,52-,53-,54-,55-,56-,61-,62-/m0/s1. The molecule has 0 radical (unpaired) electrons. The number of rotatable bonds is 11. The molecule has 0 aromatic heterocycles. The van der Waals surface area contributed by atoms with Crippen molar-refractivity contribution in [1.29, 1.82) is 0 Å². The number of likely N-dealkylation sites (N-methyl/N-ethyl adjacent to an activating group) is 7. The number of nitrogens with zero attached hydrogens (tertiary/aromatic N) is 9. The van der Waals surface area contributed by atoms with Gasteiger partial charge in [0.2, 0.25) is 70.9 Å². The Morgan fingerprint density at radius 3 is 1.84 bits per heavy atom. The zero-order chi connectivity index (χ0) is 80.1. The van der Waals surface area contributed by atoms with Crippen LogP contribution < -0.4 is 16.0 Å². The Bertz CT molecular complexity index is 3720. The summed E-state index contributed by atoms with van der Waals surface area (Å²) < 4.78 is 130. The van der Waals surface area contributed by atoms with Crippen LogP contribution in [-0.4, -0.2) is 258 Å². The molecule has 10 atom stereocenters. The Labute approximate surface area is 623 Å². The van der Waals surface area contributed by atoms with Crippen molar-refractivity contribution in [3.8, 4) is 0 Å². The third-order valence-corrected chi connectivity index (χ3v) is 22.2. The van der Waals surface area contributed by atoms with E-state index in [0.717, 1.165) is 60.7 Å². The molecule has 3 N–H and O–H groups in total. The van der Waals surface area contributed by atoms with Crippen molar-refractivity contribution in [3.63, 3.8) is 0 Å². The molecule has 6 aliphatic rings. The van der Waals surface area contributed by atoms with Crippen LogP contribution in [-0.2, 0) is 82.7 Å². The number of carbonyl (C=O) groups excluding carboxylic acids is 12. The number of amides is 12. The van der Waals surface area contributed by atoms with Crippen LogP contribution in [0.1, 0.15) is 146 Å². The number of carbonyl (C=O) groups is 12. The molecule has 3 aliphatic carbocycles. The Hall–Kier alpha value is -8.81. The predicted octanol–water partition coefficient (Wildman–Crippen LogP) is 6.06. The number of hydrogen-bond donors (Lipinski definition) is 3. The van der Waals surface area contributed by atoms with E-state index in [0.29, 0.717) is 57.1 Å². The molecule has 8 rings (SSSR count).